The minimum absolute atomic E-state index is 0.0341. The van der Waals surface area contributed by atoms with Crippen LogP contribution in [0.3, 0.4) is 0 Å². The van der Waals surface area contributed by atoms with Gasteiger partial charge >= 0.3 is 18.5 Å². The fraction of sp³-hybridized carbons (Fsp3) is 0.462. The molecule has 4 rings (SSSR count). The van der Waals surface area contributed by atoms with Crippen LogP contribution in [0.1, 0.15) is 24.5 Å². The second kappa shape index (κ2) is 14.2. The topological polar surface area (TPSA) is 128 Å². The zero-order valence-corrected chi connectivity index (χ0v) is 24.5. The molecule has 0 aliphatic carbocycles. The predicted octanol–water partition coefficient (Wildman–Crippen LogP) is 4.26. The number of nitrogens with one attached hydrogen (secondary N) is 1. The van der Waals surface area contributed by atoms with Crippen molar-refractivity contribution in [2.24, 2.45) is 0 Å². The van der Waals surface area contributed by atoms with Crippen LogP contribution in [0.4, 0.5) is 61.4 Å². The number of carbonyl (C=O) groups is 1. The van der Waals surface area contributed by atoms with Gasteiger partial charge < -0.3 is 19.7 Å². The molecule has 48 heavy (non-hydrogen) atoms. The quantitative estimate of drug-likeness (QED) is 0.229. The molecule has 0 saturated carbocycles. The lowest BCUT2D eigenvalue weighted by Crippen LogP contribution is -2.51. The standard InChI is InChI=1S/C26H24F10N8O4/c1-14(41-16-10-40-44(13-47-7-3-24(28,29)30)22(46)19(16)26(34,35)36)12-48-17-2-4-37-21(20(17)27)42-5-6-43(18(45)11-42)23-38-8-15(9-39-23)25(31,32)33/h2,4,8-10,14,41H,3,5-7,11-13H2,1H3. The largest absolute Gasteiger partial charge is 0.488 e. The van der Waals surface area contributed by atoms with E-state index in [0.29, 0.717) is 18.6 Å². The van der Waals surface area contributed by atoms with Crippen molar-refractivity contribution in [3.8, 4) is 5.75 Å². The Morgan fingerprint density at radius 1 is 0.958 bits per heavy atom. The van der Waals surface area contributed by atoms with Crippen molar-refractivity contribution < 1.29 is 58.2 Å². The lowest BCUT2D eigenvalue weighted by atomic mass is 10.2. The van der Waals surface area contributed by atoms with Gasteiger partial charge in [0.1, 0.15) is 18.9 Å². The summed E-state index contributed by atoms with van der Waals surface area (Å²) in [5.74, 6) is -2.69. The first-order chi connectivity index (χ1) is 22.3. The fourth-order valence-corrected chi connectivity index (χ4v) is 4.24. The molecule has 0 bridgehead atoms. The van der Waals surface area contributed by atoms with Crippen molar-refractivity contribution in [2.75, 3.05) is 48.0 Å². The molecule has 1 fully saturated rings. The number of pyridine rings is 1. The fourth-order valence-electron chi connectivity index (χ4n) is 4.24. The van der Waals surface area contributed by atoms with Gasteiger partial charge in [0.2, 0.25) is 17.7 Å². The molecule has 0 aromatic carbocycles. The molecule has 1 N–H and O–H groups in total. The summed E-state index contributed by atoms with van der Waals surface area (Å²) in [5.41, 5.74) is -5.27. The van der Waals surface area contributed by atoms with E-state index in [-0.39, 0.29) is 29.5 Å². The highest BCUT2D eigenvalue weighted by atomic mass is 19.4. The minimum Gasteiger partial charge on any atom is -0.488 e. The molecule has 262 valence electrons. The summed E-state index contributed by atoms with van der Waals surface area (Å²) in [5, 5.41) is 5.91. The molecule has 1 aliphatic heterocycles. The molecule has 0 spiro atoms. The van der Waals surface area contributed by atoms with Gasteiger partial charge in [-0.25, -0.2) is 19.6 Å². The Hall–Kier alpha value is -4.76. The average Bonchev–Trinajstić information content (AvgIpc) is 2.98. The van der Waals surface area contributed by atoms with Gasteiger partial charge in [-0.05, 0) is 6.92 Å². The first-order valence-corrected chi connectivity index (χ1v) is 13.7. The number of anilines is 3. The first kappa shape index (κ1) is 36.1. The summed E-state index contributed by atoms with van der Waals surface area (Å²) < 4.78 is 142. The third-order valence-electron chi connectivity index (χ3n) is 6.52. The third kappa shape index (κ3) is 8.98. The highest BCUT2D eigenvalue weighted by molar-refractivity contribution is 5.96. The van der Waals surface area contributed by atoms with Crippen molar-refractivity contribution in [1.82, 2.24) is 24.7 Å². The average molecular weight is 703 g/mol. The smallest absolute Gasteiger partial charge is 0.423 e. The normalized spacial score (nSPS) is 15.1. The van der Waals surface area contributed by atoms with Crippen molar-refractivity contribution in [1.29, 1.82) is 0 Å². The van der Waals surface area contributed by atoms with Crippen molar-refractivity contribution >= 4 is 23.4 Å². The monoisotopic (exact) mass is 702 g/mol. The minimum atomic E-state index is -5.21. The van der Waals surface area contributed by atoms with Gasteiger partial charge in [0.15, 0.2) is 11.6 Å². The van der Waals surface area contributed by atoms with Gasteiger partial charge in [0, 0.05) is 37.7 Å². The molecule has 1 aliphatic rings. The van der Waals surface area contributed by atoms with E-state index in [2.05, 4.69) is 30.1 Å². The van der Waals surface area contributed by atoms with E-state index in [1.165, 1.54) is 11.8 Å². The predicted molar refractivity (Wildman–Crippen MR) is 144 cm³/mol. The summed E-state index contributed by atoms with van der Waals surface area (Å²) in [6, 6.07) is 0.110. The van der Waals surface area contributed by atoms with E-state index in [4.69, 9.17) is 4.74 Å². The number of halogens is 10. The Morgan fingerprint density at radius 3 is 2.25 bits per heavy atom. The molecule has 1 unspecified atom stereocenters. The van der Waals surface area contributed by atoms with E-state index in [9.17, 15) is 49.1 Å². The molecule has 3 aromatic heterocycles. The first-order valence-electron chi connectivity index (χ1n) is 13.7. The summed E-state index contributed by atoms with van der Waals surface area (Å²) in [4.78, 5) is 38.5. The van der Waals surface area contributed by atoms with Gasteiger partial charge in [-0.2, -0.15) is 49.0 Å². The van der Waals surface area contributed by atoms with Gasteiger partial charge in [0.05, 0.1) is 43.1 Å². The maximum absolute atomic E-state index is 15.4. The molecule has 4 heterocycles. The Labute approximate surface area is 263 Å². The van der Waals surface area contributed by atoms with E-state index >= 15 is 4.39 Å². The maximum Gasteiger partial charge on any atom is 0.423 e. The summed E-state index contributed by atoms with van der Waals surface area (Å²) >= 11 is 0. The SMILES string of the molecule is CC(COc1ccnc(N2CCN(c3ncc(C(F)(F)F)cn3)C(=O)C2)c1F)Nc1cnn(COCCC(F)(F)F)c(=O)c1C(F)(F)F. The molecule has 3 aromatic rings. The summed E-state index contributed by atoms with van der Waals surface area (Å²) in [6.07, 6.45) is -13.0. The van der Waals surface area contributed by atoms with Crippen LogP contribution in [0, 0.1) is 5.82 Å². The van der Waals surface area contributed by atoms with Crippen molar-refractivity contribution in [2.45, 2.75) is 44.6 Å². The van der Waals surface area contributed by atoms with Crippen molar-refractivity contribution in [3.05, 3.63) is 58.2 Å². The molecular weight excluding hydrogens is 678 g/mol. The molecule has 22 heteroatoms. The number of aromatic nitrogens is 5. The lowest BCUT2D eigenvalue weighted by molar-refractivity contribution is -0.148. The number of alkyl halides is 9. The molecular formula is C26H24F10N8O4. The highest BCUT2D eigenvalue weighted by Crippen LogP contribution is 2.33. The van der Waals surface area contributed by atoms with E-state index in [1.54, 1.807) is 0 Å². The Bertz CT molecular complexity index is 1650. The Balaban J connectivity index is 1.39. The van der Waals surface area contributed by atoms with Crippen LogP contribution in [-0.4, -0.2) is 75.7 Å². The van der Waals surface area contributed by atoms with E-state index < -0.39 is 97.3 Å². The number of piperazine rings is 1. The van der Waals surface area contributed by atoms with Crippen LogP contribution >= 0.6 is 0 Å². The van der Waals surface area contributed by atoms with Crippen LogP contribution in [0.25, 0.3) is 0 Å². The van der Waals surface area contributed by atoms with Crippen LogP contribution in [0.15, 0.2) is 35.6 Å². The molecule has 1 atom stereocenters. The van der Waals surface area contributed by atoms with Gasteiger partial charge in [-0.3, -0.25) is 14.5 Å². The number of amides is 1. The second-order valence-corrected chi connectivity index (χ2v) is 10.2. The number of hydrogen-bond donors (Lipinski definition) is 1. The number of nitrogens with zero attached hydrogens (tertiary/aromatic N) is 7. The summed E-state index contributed by atoms with van der Waals surface area (Å²) in [6.45, 7) is -1.62. The highest BCUT2D eigenvalue weighted by Gasteiger charge is 2.39. The van der Waals surface area contributed by atoms with E-state index in [0.717, 1.165) is 17.2 Å². The molecule has 1 saturated heterocycles. The van der Waals surface area contributed by atoms with Gasteiger partial charge in [-0.15, -0.1) is 0 Å². The lowest BCUT2D eigenvalue weighted by Gasteiger charge is -2.34. The molecule has 1 amide bonds. The number of ether oxygens (including phenoxy) is 2. The number of rotatable bonds is 11. The van der Waals surface area contributed by atoms with Gasteiger partial charge in [-0.1, -0.05) is 0 Å². The zero-order chi connectivity index (χ0) is 35.4. The maximum atomic E-state index is 15.4. The van der Waals surface area contributed by atoms with Crippen molar-refractivity contribution in [3.63, 3.8) is 0 Å². The zero-order valence-electron chi connectivity index (χ0n) is 24.5. The van der Waals surface area contributed by atoms with Crippen LogP contribution in [0.5, 0.6) is 5.75 Å². The third-order valence-corrected chi connectivity index (χ3v) is 6.52. The molecule has 0 radical (unpaired) electrons. The second-order valence-electron chi connectivity index (χ2n) is 10.2. The van der Waals surface area contributed by atoms with Crippen LogP contribution in [-0.2, 0) is 28.6 Å². The van der Waals surface area contributed by atoms with Crippen LogP contribution < -0.4 is 25.4 Å². The number of carbonyl (C=O) groups excluding carboxylic acids is 1. The Morgan fingerprint density at radius 2 is 1.65 bits per heavy atom. The van der Waals surface area contributed by atoms with Crippen LogP contribution in [0.2, 0.25) is 0 Å². The summed E-state index contributed by atoms with van der Waals surface area (Å²) in [7, 11) is 0. The van der Waals surface area contributed by atoms with E-state index in [1.807, 2.05) is 0 Å². The molecule has 12 nitrogen and oxygen atoms in total. The number of hydrogen-bond acceptors (Lipinski definition) is 10. The Kier molecular flexibility index (Phi) is 10.6. The van der Waals surface area contributed by atoms with Gasteiger partial charge in [0.25, 0.3) is 5.56 Å².